The summed E-state index contributed by atoms with van der Waals surface area (Å²) in [5.74, 6) is 0. The molecule has 0 radical (unpaired) electrons. The van der Waals surface area contributed by atoms with Crippen molar-refractivity contribution < 1.29 is 4.74 Å². The summed E-state index contributed by atoms with van der Waals surface area (Å²) < 4.78 is 5.75. The highest BCUT2D eigenvalue weighted by Gasteiger charge is 2.37. The maximum Gasteiger partial charge on any atom is 0.0675 e. The van der Waals surface area contributed by atoms with Crippen LogP contribution < -0.4 is 5.73 Å². The lowest BCUT2D eigenvalue weighted by molar-refractivity contribution is -0.0965. The average molecular weight is 228 g/mol. The minimum atomic E-state index is 0.146. The van der Waals surface area contributed by atoms with Crippen LogP contribution in [0, 0.1) is 0 Å². The summed E-state index contributed by atoms with van der Waals surface area (Å²) >= 11 is 0. The van der Waals surface area contributed by atoms with Crippen LogP contribution in [0.1, 0.15) is 47.0 Å². The molecule has 16 heavy (non-hydrogen) atoms. The molecular formula is C13H28N2O. The van der Waals surface area contributed by atoms with Gasteiger partial charge in [0.2, 0.25) is 0 Å². The van der Waals surface area contributed by atoms with E-state index in [9.17, 15) is 0 Å². The van der Waals surface area contributed by atoms with Gasteiger partial charge in [0.1, 0.15) is 0 Å². The fourth-order valence-corrected chi connectivity index (χ4v) is 2.74. The highest BCUT2D eigenvalue weighted by atomic mass is 16.5. The molecule has 96 valence electrons. The predicted molar refractivity (Wildman–Crippen MR) is 68.6 cm³/mol. The van der Waals surface area contributed by atoms with Crippen molar-refractivity contribution in [3.8, 4) is 0 Å². The first-order valence-electron chi connectivity index (χ1n) is 6.65. The summed E-state index contributed by atoms with van der Waals surface area (Å²) in [5, 5.41) is 0. The Labute approximate surface area is 100 Å². The maximum absolute atomic E-state index is 6.00. The van der Waals surface area contributed by atoms with Crippen molar-refractivity contribution in [3.63, 3.8) is 0 Å². The van der Waals surface area contributed by atoms with Crippen LogP contribution in [0.2, 0.25) is 0 Å². The molecule has 1 aliphatic heterocycles. The lowest BCUT2D eigenvalue weighted by atomic mass is 9.90. The molecule has 0 amide bonds. The molecule has 1 fully saturated rings. The Balaban J connectivity index is 2.78. The van der Waals surface area contributed by atoms with Crippen molar-refractivity contribution in [3.05, 3.63) is 0 Å². The first-order valence-corrected chi connectivity index (χ1v) is 6.65. The molecule has 1 aliphatic rings. The average Bonchev–Trinajstić information content (AvgIpc) is 2.29. The van der Waals surface area contributed by atoms with Crippen LogP contribution >= 0.6 is 0 Å². The zero-order chi connectivity index (χ0) is 12.2. The second-order valence-corrected chi connectivity index (χ2v) is 5.31. The molecular weight excluding hydrogens is 200 g/mol. The van der Waals surface area contributed by atoms with E-state index in [1.165, 1.54) is 12.8 Å². The second kappa shape index (κ2) is 5.99. The highest BCUT2D eigenvalue weighted by molar-refractivity contribution is 4.93. The lowest BCUT2D eigenvalue weighted by Crippen LogP contribution is -2.61. The van der Waals surface area contributed by atoms with E-state index < -0.39 is 0 Å². The third kappa shape index (κ3) is 2.96. The molecule has 0 aromatic rings. The molecule has 0 aromatic carbocycles. The van der Waals surface area contributed by atoms with Crippen molar-refractivity contribution in [2.45, 2.75) is 64.6 Å². The smallest absolute Gasteiger partial charge is 0.0675 e. The van der Waals surface area contributed by atoms with Gasteiger partial charge in [0, 0.05) is 24.7 Å². The molecule has 0 aliphatic carbocycles. The summed E-state index contributed by atoms with van der Waals surface area (Å²) in [5.41, 5.74) is 6.15. The molecule has 0 saturated carbocycles. The van der Waals surface area contributed by atoms with E-state index in [1.807, 2.05) is 0 Å². The van der Waals surface area contributed by atoms with Crippen LogP contribution in [0.3, 0.4) is 0 Å². The zero-order valence-electron chi connectivity index (χ0n) is 11.3. The quantitative estimate of drug-likeness (QED) is 0.782. The van der Waals surface area contributed by atoms with Crippen LogP contribution in [0.15, 0.2) is 0 Å². The Morgan fingerprint density at radius 2 is 2.12 bits per heavy atom. The fraction of sp³-hybridized carbons (Fsp3) is 1.00. The SMILES string of the molecule is CCCC(C)(CN)N1CC(C)OCC1CC. The van der Waals surface area contributed by atoms with Gasteiger partial charge in [0.25, 0.3) is 0 Å². The Morgan fingerprint density at radius 3 is 2.62 bits per heavy atom. The summed E-state index contributed by atoms with van der Waals surface area (Å²) in [6, 6.07) is 0.538. The largest absolute Gasteiger partial charge is 0.376 e. The molecule has 0 bridgehead atoms. The molecule has 0 aromatic heterocycles. The summed E-state index contributed by atoms with van der Waals surface area (Å²) in [6.07, 6.45) is 3.85. The van der Waals surface area contributed by atoms with Crippen molar-refractivity contribution in [1.82, 2.24) is 4.90 Å². The molecule has 3 heteroatoms. The number of morpholine rings is 1. The van der Waals surface area contributed by atoms with Gasteiger partial charge >= 0.3 is 0 Å². The minimum absolute atomic E-state index is 0.146. The predicted octanol–water partition coefficient (Wildman–Crippen LogP) is 2.00. The van der Waals surface area contributed by atoms with Gasteiger partial charge < -0.3 is 10.5 Å². The van der Waals surface area contributed by atoms with E-state index >= 15 is 0 Å². The fourth-order valence-electron chi connectivity index (χ4n) is 2.74. The van der Waals surface area contributed by atoms with Gasteiger partial charge in [-0.3, -0.25) is 4.90 Å². The van der Waals surface area contributed by atoms with Gasteiger partial charge in [-0.2, -0.15) is 0 Å². The molecule has 1 rings (SSSR count). The van der Waals surface area contributed by atoms with Crippen molar-refractivity contribution >= 4 is 0 Å². The van der Waals surface area contributed by atoms with Crippen LogP contribution in [0.5, 0.6) is 0 Å². The number of rotatable bonds is 5. The molecule has 2 N–H and O–H groups in total. The monoisotopic (exact) mass is 228 g/mol. The maximum atomic E-state index is 6.00. The van der Waals surface area contributed by atoms with Crippen molar-refractivity contribution in [2.24, 2.45) is 5.73 Å². The number of nitrogens with zero attached hydrogens (tertiary/aromatic N) is 1. The van der Waals surface area contributed by atoms with E-state index in [-0.39, 0.29) is 5.54 Å². The normalized spacial score (nSPS) is 31.3. The van der Waals surface area contributed by atoms with Gasteiger partial charge in [0.15, 0.2) is 0 Å². The number of ether oxygens (including phenoxy) is 1. The van der Waals surface area contributed by atoms with Gasteiger partial charge in [-0.05, 0) is 26.7 Å². The molecule has 3 nitrogen and oxygen atoms in total. The summed E-state index contributed by atoms with van der Waals surface area (Å²) in [4.78, 5) is 2.59. The standard InChI is InChI=1S/C13H28N2O/c1-5-7-13(4,10-14)15-8-11(3)16-9-12(15)6-2/h11-12H,5-10,14H2,1-4H3. The van der Waals surface area contributed by atoms with Crippen LogP contribution in [0.25, 0.3) is 0 Å². The van der Waals surface area contributed by atoms with Crippen molar-refractivity contribution in [1.29, 1.82) is 0 Å². The zero-order valence-corrected chi connectivity index (χ0v) is 11.3. The summed E-state index contributed by atoms with van der Waals surface area (Å²) in [6.45, 7) is 11.5. The lowest BCUT2D eigenvalue weighted by Gasteiger charge is -2.49. The Bertz CT molecular complexity index is 210. The van der Waals surface area contributed by atoms with Crippen LogP contribution in [-0.2, 0) is 4.74 Å². The second-order valence-electron chi connectivity index (χ2n) is 5.31. The Morgan fingerprint density at radius 1 is 1.44 bits per heavy atom. The van der Waals surface area contributed by atoms with E-state index in [0.717, 1.165) is 26.1 Å². The van der Waals surface area contributed by atoms with E-state index in [4.69, 9.17) is 10.5 Å². The number of hydrogen-bond acceptors (Lipinski definition) is 3. The Kier molecular flexibility index (Phi) is 5.22. The third-order valence-electron chi connectivity index (χ3n) is 3.86. The third-order valence-corrected chi connectivity index (χ3v) is 3.86. The molecule has 3 unspecified atom stereocenters. The molecule has 1 saturated heterocycles. The van der Waals surface area contributed by atoms with Crippen LogP contribution in [0.4, 0.5) is 0 Å². The molecule has 1 heterocycles. The highest BCUT2D eigenvalue weighted by Crippen LogP contribution is 2.27. The van der Waals surface area contributed by atoms with Gasteiger partial charge in [0.05, 0.1) is 12.7 Å². The van der Waals surface area contributed by atoms with Gasteiger partial charge in [-0.25, -0.2) is 0 Å². The summed E-state index contributed by atoms with van der Waals surface area (Å²) in [7, 11) is 0. The van der Waals surface area contributed by atoms with Crippen molar-refractivity contribution in [2.75, 3.05) is 19.7 Å². The first-order chi connectivity index (χ1) is 7.57. The topological polar surface area (TPSA) is 38.5 Å². The van der Waals surface area contributed by atoms with Gasteiger partial charge in [-0.15, -0.1) is 0 Å². The first kappa shape index (κ1) is 13.9. The minimum Gasteiger partial charge on any atom is -0.376 e. The molecule has 0 spiro atoms. The number of nitrogens with two attached hydrogens (primary N) is 1. The van der Waals surface area contributed by atoms with E-state index in [2.05, 4.69) is 32.6 Å². The van der Waals surface area contributed by atoms with Gasteiger partial charge in [-0.1, -0.05) is 20.3 Å². The number of hydrogen-bond donors (Lipinski definition) is 1. The Hall–Kier alpha value is -0.120. The van der Waals surface area contributed by atoms with Crippen LogP contribution in [-0.4, -0.2) is 42.3 Å². The van der Waals surface area contributed by atoms with E-state index in [1.54, 1.807) is 0 Å². The molecule has 3 atom stereocenters. The van der Waals surface area contributed by atoms with E-state index in [0.29, 0.717) is 12.1 Å².